The number of hydrazone groups is 1. The van der Waals surface area contributed by atoms with Gasteiger partial charge in [0.2, 0.25) is 15.9 Å². The summed E-state index contributed by atoms with van der Waals surface area (Å²) in [6.07, 6.45) is 0.992. The van der Waals surface area contributed by atoms with Crippen molar-refractivity contribution in [2.75, 3.05) is 11.0 Å². The zero-order valence-electron chi connectivity index (χ0n) is 16.7. The lowest BCUT2D eigenvalue weighted by atomic mass is 9.97. The number of benzene rings is 2. The molecule has 1 amide bonds. The number of hydrogen-bond acceptors (Lipinski definition) is 5. The van der Waals surface area contributed by atoms with Crippen LogP contribution in [0, 0.1) is 6.92 Å². The first-order valence-electron chi connectivity index (χ1n) is 9.39. The predicted octanol–water partition coefficient (Wildman–Crippen LogP) is 2.91. The number of carbonyl (C=O) groups is 2. The highest BCUT2D eigenvalue weighted by molar-refractivity contribution is 7.92. The van der Waals surface area contributed by atoms with Crippen LogP contribution < -0.4 is 4.72 Å². The molecule has 1 atom stereocenters. The Morgan fingerprint density at radius 3 is 2.43 bits per heavy atom. The number of nitrogens with zero attached hydrogens (tertiary/aromatic N) is 2. The minimum atomic E-state index is -3.50. The van der Waals surface area contributed by atoms with Crippen molar-refractivity contribution in [1.29, 1.82) is 0 Å². The van der Waals surface area contributed by atoms with E-state index in [-0.39, 0.29) is 12.8 Å². The largest absolute Gasteiger partial charge is 0.481 e. The molecule has 0 spiro atoms. The zero-order chi connectivity index (χ0) is 21.9. The second-order valence-corrected chi connectivity index (χ2v) is 8.98. The summed E-state index contributed by atoms with van der Waals surface area (Å²) in [5.41, 5.74) is 3.45. The van der Waals surface area contributed by atoms with Gasteiger partial charge in [-0.05, 0) is 18.6 Å². The SMILES string of the molecule is Cc1ccc([C@H]2CC(c3ccccc3NS(C)(=O)=O)=NN2C(=O)CCC(=O)O)cc1. The van der Waals surface area contributed by atoms with E-state index in [1.54, 1.807) is 24.3 Å². The normalized spacial score (nSPS) is 16.3. The Balaban J connectivity index is 1.98. The number of sulfonamides is 1. The maximum absolute atomic E-state index is 12.7. The molecule has 2 aromatic carbocycles. The first kappa shape index (κ1) is 21.5. The second kappa shape index (κ2) is 8.66. The van der Waals surface area contributed by atoms with Crippen LogP contribution in [0.4, 0.5) is 5.69 Å². The summed E-state index contributed by atoms with van der Waals surface area (Å²) in [6.45, 7) is 1.96. The molecule has 158 valence electrons. The summed E-state index contributed by atoms with van der Waals surface area (Å²) in [5, 5.41) is 14.7. The Labute approximate surface area is 175 Å². The van der Waals surface area contributed by atoms with Crippen molar-refractivity contribution < 1.29 is 23.1 Å². The number of carbonyl (C=O) groups excluding carboxylic acids is 1. The third-order valence-corrected chi connectivity index (χ3v) is 5.30. The van der Waals surface area contributed by atoms with Crippen LogP contribution in [0.25, 0.3) is 0 Å². The zero-order valence-corrected chi connectivity index (χ0v) is 17.5. The van der Waals surface area contributed by atoms with Crippen LogP contribution in [0.2, 0.25) is 0 Å². The number of carboxylic acids is 1. The quantitative estimate of drug-likeness (QED) is 0.702. The van der Waals surface area contributed by atoms with Gasteiger partial charge in [-0.15, -0.1) is 0 Å². The highest BCUT2D eigenvalue weighted by Crippen LogP contribution is 2.35. The highest BCUT2D eigenvalue weighted by Gasteiger charge is 2.33. The van der Waals surface area contributed by atoms with Crippen molar-refractivity contribution in [1.82, 2.24) is 5.01 Å². The molecular weight excluding hydrogens is 406 g/mol. The smallest absolute Gasteiger partial charge is 0.303 e. The summed E-state index contributed by atoms with van der Waals surface area (Å²) < 4.78 is 26.0. The van der Waals surface area contributed by atoms with Gasteiger partial charge in [-0.25, -0.2) is 13.4 Å². The fourth-order valence-electron chi connectivity index (χ4n) is 3.30. The highest BCUT2D eigenvalue weighted by atomic mass is 32.2. The Kier molecular flexibility index (Phi) is 6.21. The lowest BCUT2D eigenvalue weighted by Crippen LogP contribution is -2.27. The molecule has 9 heteroatoms. The van der Waals surface area contributed by atoms with E-state index in [4.69, 9.17) is 5.11 Å². The maximum Gasteiger partial charge on any atom is 0.303 e. The average molecular weight is 429 g/mol. The van der Waals surface area contributed by atoms with Crippen molar-refractivity contribution in [3.8, 4) is 0 Å². The number of hydrogen-bond donors (Lipinski definition) is 2. The topological polar surface area (TPSA) is 116 Å². The van der Waals surface area contributed by atoms with Gasteiger partial charge in [0.05, 0.1) is 30.1 Å². The van der Waals surface area contributed by atoms with Gasteiger partial charge in [-0.3, -0.25) is 14.3 Å². The summed E-state index contributed by atoms with van der Waals surface area (Å²) in [7, 11) is -3.50. The molecule has 2 aromatic rings. The van der Waals surface area contributed by atoms with Gasteiger partial charge >= 0.3 is 5.97 Å². The van der Waals surface area contributed by atoms with Crippen molar-refractivity contribution >= 4 is 33.3 Å². The number of aryl methyl sites for hydroxylation is 1. The van der Waals surface area contributed by atoms with Crippen LogP contribution in [-0.4, -0.2) is 42.4 Å². The number of aliphatic carboxylic acids is 1. The maximum atomic E-state index is 12.7. The number of carboxylic acid groups (broad SMARTS) is 1. The van der Waals surface area contributed by atoms with E-state index in [0.29, 0.717) is 23.4 Å². The molecule has 0 unspecified atom stereocenters. The van der Waals surface area contributed by atoms with E-state index >= 15 is 0 Å². The molecule has 8 nitrogen and oxygen atoms in total. The van der Waals surface area contributed by atoms with Gasteiger partial charge in [0.1, 0.15) is 0 Å². The Morgan fingerprint density at radius 2 is 1.80 bits per heavy atom. The fraction of sp³-hybridized carbons (Fsp3) is 0.286. The summed E-state index contributed by atoms with van der Waals surface area (Å²) in [6, 6.07) is 14.2. The number of para-hydroxylation sites is 1. The van der Waals surface area contributed by atoms with Crippen molar-refractivity contribution in [2.24, 2.45) is 5.10 Å². The monoisotopic (exact) mass is 429 g/mol. The number of anilines is 1. The van der Waals surface area contributed by atoms with E-state index < -0.39 is 27.9 Å². The van der Waals surface area contributed by atoms with E-state index in [9.17, 15) is 18.0 Å². The molecule has 30 heavy (non-hydrogen) atoms. The van der Waals surface area contributed by atoms with Gasteiger partial charge in [-0.2, -0.15) is 5.10 Å². The molecule has 0 saturated heterocycles. The number of amides is 1. The van der Waals surface area contributed by atoms with Crippen LogP contribution in [0.5, 0.6) is 0 Å². The molecule has 0 bridgehead atoms. The van der Waals surface area contributed by atoms with Crippen LogP contribution in [-0.2, 0) is 19.6 Å². The predicted molar refractivity (Wildman–Crippen MR) is 114 cm³/mol. The molecule has 0 aromatic heterocycles. The Bertz CT molecular complexity index is 1090. The summed E-state index contributed by atoms with van der Waals surface area (Å²) >= 11 is 0. The van der Waals surface area contributed by atoms with E-state index in [1.165, 1.54) is 5.01 Å². The fourth-order valence-corrected chi connectivity index (χ4v) is 3.88. The van der Waals surface area contributed by atoms with Crippen molar-refractivity contribution in [3.05, 3.63) is 65.2 Å². The van der Waals surface area contributed by atoms with E-state index in [1.807, 2.05) is 31.2 Å². The minimum Gasteiger partial charge on any atom is -0.481 e. The molecule has 1 aliphatic heterocycles. The lowest BCUT2D eigenvalue weighted by molar-refractivity contribution is -0.141. The first-order chi connectivity index (χ1) is 14.1. The Morgan fingerprint density at radius 1 is 1.13 bits per heavy atom. The van der Waals surface area contributed by atoms with Crippen LogP contribution in [0.15, 0.2) is 53.6 Å². The van der Waals surface area contributed by atoms with Crippen molar-refractivity contribution in [2.45, 2.75) is 32.2 Å². The molecule has 1 heterocycles. The third kappa shape index (κ3) is 5.24. The van der Waals surface area contributed by atoms with Gasteiger partial charge < -0.3 is 5.11 Å². The van der Waals surface area contributed by atoms with E-state index in [2.05, 4.69) is 9.82 Å². The van der Waals surface area contributed by atoms with E-state index in [0.717, 1.165) is 17.4 Å². The van der Waals surface area contributed by atoms with Gasteiger partial charge in [0, 0.05) is 18.4 Å². The van der Waals surface area contributed by atoms with Crippen molar-refractivity contribution in [3.63, 3.8) is 0 Å². The van der Waals surface area contributed by atoms with Crippen LogP contribution in [0.1, 0.15) is 42.0 Å². The standard InChI is InChI=1S/C21H23N3O5S/c1-14-7-9-15(10-8-14)19-13-18(22-24(19)20(25)11-12-21(26)27)16-5-3-4-6-17(16)23-30(2,28)29/h3-10,19,23H,11-13H2,1-2H3,(H,26,27)/t19-/m1/s1. The number of nitrogens with one attached hydrogen (secondary N) is 1. The average Bonchev–Trinajstić information content (AvgIpc) is 3.11. The van der Waals surface area contributed by atoms with Gasteiger partial charge in [0.25, 0.3) is 0 Å². The molecule has 0 fully saturated rings. The first-order valence-corrected chi connectivity index (χ1v) is 11.3. The lowest BCUT2D eigenvalue weighted by Gasteiger charge is -2.22. The van der Waals surface area contributed by atoms with Crippen LogP contribution >= 0.6 is 0 Å². The van der Waals surface area contributed by atoms with Crippen LogP contribution in [0.3, 0.4) is 0 Å². The minimum absolute atomic E-state index is 0.169. The third-order valence-electron chi connectivity index (χ3n) is 4.71. The molecule has 0 radical (unpaired) electrons. The second-order valence-electron chi connectivity index (χ2n) is 7.23. The molecule has 3 rings (SSSR count). The molecule has 0 saturated carbocycles. The number of rotatable bonds is 7. The molecule has 2 N–H and O–H groups in total. The van der Waals surface area contributed by atoms with Gasteiger partial charge in [-0.1, -0.05) is 48.0 Å². The molecule has 1 aliphatic rings. The summed E-state index contributed by atoms with van der Waals surface area (Å²) in [5.74, 6) is -1.45. The van der Waals surface area contributed by atoms with Gasteiger partial charge in [0.15, 0.2) is 0 Å². The Hall–Kier alpha value is -3.20. The molecule has 0 aliphatic carbocycles. The molecular formula is C21H23N3O5S. The summed E-state index contributed by atoms with van der Waals surface area (Å²) in [4.78, 5) is 23.6.